The van der Waals surface area contributed by atoms with Gasteiger partial charge in [0.2, 0.25) is 10.0 Å². The third kappa shape index (κ3) is 9.17. The van der Waals surface area contributed by atoms with E-state index in [9.17, 15) is 13.2 Å². The number of nitrogens with zero attached hydrogens (tertiary/aromatic N) is 1. The molecule has 1 aromatic carbocycles. The Kier molecular flexibility index (Phi) is 9.61. The van der Waals surface area contributed by atoms with Gasteiger partial charge in [-0.1, -0.05) is 24.3 Å². The van der Waals surface area contributed by atoms with Crippen molar-refractivity contribution in [2.45, 2.75) is 45.0 Å². The van der Waals surface area contributed by atoms with Crippen molar-refractivity contribution in [1.82, 2.24) is 20.3 Å². The molecule has 2 amide bonds. The molecule has 0 spiro atoms. The minimum atomic E-state index is -3.27. The molecule has 1 aromatic rings. The summed E-state index contributed by atoms with van der Waals surface area (Å²) in [7, 11) is 0.230. The van der Waals surface area contributed by atoms with Crippen LogP contribution in [0.3, 0.4) is 0 Å². The molecule has 1 rings (SSSR count). The Morgan fingerprint density at radius 2 is 1.69 bits per heavy atom. The fourth-order valence-corrected chi connectivity index (χ4v) is 3.01. The highest BCUT2D eigenvalue weighted by atomic mass is 32.2. The van der Waals surface area contributed by atoms with Crippen molar-refractivity contribution in [2.75, 3.05) is 27.2 Å². The third-order valence-corrected chi connectivity index (χ3v) is 5.58. The maximum absolute atomic E-state index is 11.8. The summed E-state index contributed by atoms with van der Waals surface area (Å²) in [4.78, 5) is 14.1. The van der Waals surface area contributed by atoms with E-state index in [1.807, 2.05) is 12.1 Å². The molecule has 0 aliphatic carbocycles. The lowest BCUT2D eigenvalue weighted by Gasteiger charge is -2.20. The van der Waals surface area contributed by atoms with E-state index >= 15 is 0 Å². The fourth-order valence-electron chi connectivity index (χ4n) is 2.24. The minimum Gasteiger partial charge on any atom is -0.338 e. The Labute approximate surface area is 157 Å². The van der Waals surface area contributed by atoms with E-state index < -0.39 is 10.0 Å². The Morgan fingerprint density at radius 1 is 1.08 bits per heavy atom. The molecule has 0 radical (unpaired) electrons. The maximum atomic E-state index is 11.8. The second-order valence-electron chi connectivity index (χ2n) is 6.67. The van der Waals surface area contributed by atoms with Crippen molar-refractivity contribution in [3.8, 4) is 0 Å². The summed E-state index contributed by atoms with van der Waals surface area (Å²) < 4.78 is 25.3. The maximum Gasteiger partial charge on any atom is 0.315 e. The van der Waals surface area contributed by atoms with Gasteiger partial charge in [-0.15, -0.1) is 0 Å². The molecule has 0 atom stereocenters. The molecule has 0 bridgehead atoms. The van der Waals surface area contributed by atoms with Gasteiger partial charge in [-0.3, -0.25) is 0 Å². The van der Waals surface area contributed by atoms with Gasteiger partial charge < -0.3 is 15.5 Å². The number of rotatable bonds is 11. The van der Waals surface area contributed by atoms with E-state index in [-0.39, 0.29) is 11.8 Å². The molecule has 0 aromatic heterocycles. The molecule has 0 fully saturated rings. The van der Waals surface area contributed by atoms with Gasteiger partial charge in [0.1, 0.15) is 0 Å². The largest absolute Gasteiger partial charge is 0.338 e. The average molecular weight is 385 g/mol. The van der Waals surface area contributed by atoms with Crippen molar-refractivity contribution in [3.63, 3.8) is 0 Å². The Morgan fingerprint density at radius 3 is 2.27 bits per heavy atom. The van der Waals surface area contributed by atoms with Crippen LogP contribution >= 0.6 is 0 Å². The van der Waals surface area contributed by atoms with Gasteiger partial charge in [-0.25, -0.2) is 17.9 Å². The van der Waals surface area contributed by atoms with Crippen LogP contribution in [0.1, 0.15) is 37.8 Å². The van der Waals surface area contributed by atoms with E-state index in [0.29, 0.717) is 24.7 Å². The molecular weight excluding hydrogens is 352 g/mol. The normalized spacial score (nSPS) is 11.8. The number of hydrogen-bond donors (Lipinski definition) is 3. The molecule has 7 nitrogen and oxygen atoms in total. The van der Waals surface area contributed by atoms with Gasteiger partial charge in [0.05, 0.1) is 5.75 Å². The van der Waals surface area contributed by atoms with Crippen molar-refractivity contribution in [1.29, 1.82) is 0 Å². The molecule has 0 aliphatic heterocycles. The summed E-state index contributed by atoms with van der Waals surface area (Å²) in [5, 5.41) is 5.65. The molecule has 26 heavy (non-hydrogen) atoms. The quantitative estimate of drug-likeness (QED) is 0.506. The minimum absolute atomic E-state index is 0.0519. The number of unbranched alkanes of at least 4 members (excludes halogenated alkanes) is 1. The Bertz CT molecular complexity index is 645. The highest BCUT2D eigenvalue weighted by Gasteiger charge is 2.08. The number of carbonyl (C=O) groups excluding carboxylic acids is 1. The first-order valence-corrected chi connectivity index (χ1v) is 10.6. The third-order valence-electron chi connectivity index (χ3n) is 4.25. The topological polar surface area (TPSA) is 90.5 Å². The van der Waals surface area contributed by atoms with Gasteiger partial charge in [-0.05, 0) is 58.5 Å². The molecule has 0 unspecified atom stereocenters. The first kappa shape index (κ1) is 22.4. The molecule has 148 valence electrons. The molecule has 0 aliphatic rings. The molecule has 0 saturated carbocycles. The SMILES string of the molecule is CNS(=O)(=O)Cc1ccc(CNC(=O)NCCCCN(C)C(C)C)cc1. The van der Waals surface area contributed by atoms with Crippen molar-refractivity contribution < 1.29 is 13.2 Å². The number of sulfonamides is 1. The van der Waals surface area contributed by atoms with Crippen LogP contribution in [-0.2, 0) is 22.3 Å². The van der Waals surface area contributed by atoms with Crippen LogP contribution in [0.2, 0.25) is 0 Å². The van der Waals surface area contributed by atoms with E-state index in [4.69, 9.17) is 0 Å². The van der Waals surface area contributed by atoms with E-state index in [2.05, 4.69) is 41.2 Å². The van der Waals surface area contributed by atoms with Crippen molar-refractivity contribution in [3.05, 3.63) is 35.4 Å². The first-order valence-electron chi connectivity index (χ1n) is 8.94. The van der Waals surface area contributed by atoms with Crippen LogP contribution in [0, 0.1) is 0 Å². The first-order chi connectivity index (χ1) is 12.2. The molecule has 3 N–H and O–H groups in total. The Hall–Kier alpha value is -1.64. The Balaban J connectivity index is 2.24. The predicted octanol–water partition coefficient (Wildman–Crippen LogP) is 1.66. The number of amides is 2. The van der Waals surface area contributed by atoms with Crippen LogP contribution in [0.5, 0.6) is 0 Å². The number of carbonyl (C=O) groups is 1. The standard InChI is InChI=1S/C18H32N4O3S/c1-15(2)22(4)12-6-5-11-20-18(23)21-13-16-7-9-17(10-8-16)14-26(24,25)19-3/h7-10,15,19H,5-6,11-14H2,1-4H3,(H2,20,21,23). The zero-order chi connectivity index (χ0) is 19.6. The van der Waals surface area contributed by atoms with E-state index in [1.165, 1.54) is 7.05 Å². The molecule has 0 saturated heterocycles. The monoisotopic (exact) mass is 384 g/mol. The number of benzene rings is 1. The zero-order valence-electron chi connectivity index (χ0n) is 16.2. The second kappa shape index (κ2) is 11.2. The van der Waals surface area contributed by atoms with E-state index in [1.54, 1.807) is 12.1 Å². The predicted molar refractivity (Wildman–Crippen MR) is 105 cm³/mol. The number of nitrogens with one attached hydrogen (secondary N) is 3. The van der Waals surface area contributed by atoms with Crippen LogP contribution in [0.15, 0.2) is 24.3 Å². The van der Waals surface area contributed by atoms with Gasteiger partial charge in [0, 0.05) is 19.1 Å². The number of hydrogen-bond acceptors (Lipinski definition) is 4. The summed E-state index contributed by atoms with van der Waals surface area (Å²) in [5.41, 5.74) is 1.63. The van der Waals surface area contributed by atoms with Gasteiger partial charge in [0.25, 0.3) is 0 Å². The van der Waals surface area contributed by atoms with Gasteiger partial charge in [0.15, 0.2) is 0 Å². The number of urea groups is 1. The summed E-state index contributed by atoms with van der Waals surface area (Å²) in [5.74, 6) is -0.0519. The lowest BCUT2D eigenvalue weighted by Crippen LogP contribution is -2.36. The zero-order valence-corrected chi connectivity index (χ0v) is 17.0. The summed E-state index contributed by atoms with van der Waals surface area (Å²) >= 11 is 0. The van der Waals surface area contributed by atoms with Crippen LogP contribution in [0.4, 0.5) is 4.79 Å². The van der Waals surface area contributed by atoms with Gasteiger partial charge in [-0.2, -0.15) is 0 Å². The lowest BCUT2D eigenvalue weighted by molar-refractivity contribution is 0.239. The van der Waals surface area contributed by atoms with Crippen LogP contribution in [0.25, 0.3) is 0 Å². The van der Waals surface area contributed by atoms with Crippen molar-refractivity contribution >= 4 is 16.1 Å². The molecule has 8 heteroatoms. The second-order valence-corrected chi connectivity index (χ2v) is 8.60. The average Bonchev–Trinajstić information content (AvgIpc) is 2.60. The summed E-state index contributed by atoms with van der Waals surface area (Å²) in [6, 6.07) is 7.51. The molecular formula is C18H32N4O3S. The highest BCUT2D eigenvalue weighted by molar-refractivity contribution is 7.88. The summed E-state index contributed by atoms with van der Waals surface area (Å²) in [6.07, 6.45) is 1.99. The molecule has 0 heterocycles. The highest BCUT2D eigenvalue weighted by Crippen LogP contribution is 2.07. The fraction of sp³-hybridized carbons (Fsp3) is 0.611. The van der Waals surface area contributed by atoms with E-state index in [0.717, 1.165) is 24.9 Å². The lowest BCUT2D eigenvalue weighted by atomic mass is 10.1. The smallest absolute Gasteiger partial charge is 0.315 e. The van der Waals surface area contributed by atoms with Crippen LogP contribution < -0.4 is 15.4 Å². The van der Waals surface area contributed by atoms with Crippen molar-refractivity contribution in [2.24, 2.45) is 0 Å². The van der Waals surface area contributed by atoms with Gasteiger partial charge >= 0.3 is 6.03 Å². The summed E-state index contributed by atoms with van der Waals surface area (Å²) in [6.45, 7) is 6.41. The van der Waals surface area contributed by atoms with Crippen LogP contribution in [-0.4, -0.2) is 52.6 Å².